The van der Waals surface area contributed by atoms with E-state index in [9.17, 15) is 5.11 Å². The minimum atomic E-state index is 0.108. The summed E-state index contributed by atoms with van der Waals surface area (Å²) in [6, 6.07) is 22.0. The molecule has 5 rings (SSSR count). The van der Waals surface area contributed by atoms with E-state index < -0.39 is 0 Å². The van der Waals surface area contributed by atoms with Gasteiger partial charge in [-0.05, 0) is 17.2 Å². The molecule has 0 radical (unpaired) electrons. The highest BCUT2D eigenvalue weighted by Crippen LogP contribution is 2.28. The summed E-state index contributed by atoms with van der Waals surface area (Å²) in [5.41, 5.74) is 5.83. The van der Waals surface area contributed by atoms with Crippen molar-refractivity contribution in [3.63, 3.8) is 0 Å². The topological polar surface area (TPSA) is 72.5 Å². The number of nitrogens with zero attached hydrogens (tertiary/aromatic N) is 4. The van der Waals surface area contributed by atoms with Gasteiger partial charge in [0.25, 0.3) is 0 Å². The van der Waals surface area contributed by atoms with Crippen LogP contribution in [-0.2, 0) is 12.8 Å². The molecule has 3 aromatic heterocycles. The van der Waals surface area contributed by atoms with Crippen LogP contribution in [0.3, 0.4) is 0 Å². The molecule has 1 N–H and O–H groups in total. The van der Waals surface area contributed by atoms with Crippen LogP contribution in [0.1, 0.15) is 22.5 Å². The predicted molar refractivity (Wildman–Crippen MR) is 123 cm³/mol. The summed E-state index contributed by atoms with van der Waals surface area (Å²) in [6.45, 7) is 0. The Labute approximate surface area is 185 Å². The summed E-state index contributed by atoms with van der Waals surface area (Å²) in [5.74, 6) is 0.778. The zero-order valence-electron chi connectivity index (χ0n) is 17.6. The summed E-state index contributed by atoms with van der Waals surface area (Å²) in [7, 11) is 1.61. The lowest BCUT2D eigenvalue weighted by Crippen LogP contribution is -2.00. The van der Waals surface area contributed by atoms with Crippen molar-refractivity contribution in [2.24, 2.45) is 0 Å². The van der Waals surface area contributed by atoms with Gasteiger partial charge in [0.2, 0.25) is 5.88 Å². The molecule has 2 aromatic carbocycles. The van der Waals surface area contributed by atoms with Gasteiger partial charge in [0.15, 0.2) is 5.65 Å². The van der Waals surface area contributed by atoms with Crippen molar-refractivity contribution in [2.45, 2.75) is 12.8 Å². The number of ether oxygens (including phenoxy) is 1. The molecule has 0 atom stereocenters. The fourth-order valence-electron chi connectivity index (χ4n) is 3.78. The fraction of sp³-hybridized carbons (Fsp3) is 0.115. The van der Waals surface area contributed by atoms with Crippen LogP contribution in [0, 0.1) is 0 Å². The first-order valence-electron chi connectivity index (χ1n) is 10.4. The molecule has 32 heavy (non-hydrogen) atoms. The second kappa shape index (κ2) is 8.51. The Balaban J connectivity index is 1.63. The van der Waals surface area contributed by atoms with Crippen LogP contribution in [0.4, 0.5) is 0 Å². The maximum absolute atomic E-state index is 11.1. The van der Waals surface area contributed by atoms with Gasteiger partial charge in [0.1, 0.15) is 11.4 Å². The van der Waals surface area contributed by atoms with Crippen LogP contribution in [0.25, 0.3) is 16.9 Å². The first kappa shape index (κ1) is 19.8. The lowest BCUT2D eigenvalue weighted by Gasteiger charge is -2.08. The van der Waals surface area contributed by atoms with E-state index in [4.69, 9.17) is 14.7 Å². The lowest BCUT2D eigenvalue weighted by molar-refractivity contribution is 0.412. The largest absolute Gasteiger partial charge is 0.495 e. The number of benzene rings is 2. The van der Waals surface area contributed by atoms with E-state index in [0.717, 1.165) is 28.1 Å². The third kappa shape index (κ3) is 3.90. The Hall–Kier alpha value is -4.19. The number of methoxy groups -OCH3 is 1. The third-order valence-electron chi connectivity index (χ3n) is 5.38. The summed E-state index contributed by atoms with van der Waals surface area (Å²) in [6.07, 6.45) is 6.30. The normalized spacial score (nSPS) is 11.0. The number of pyridine rings is 1. The first-order valence-corrected chi connectivity index (χ1v) is 10.4. The number of hydrogen-bond donors (Lipinski definition) is 1. The molecule has 0 bridgehead atoms. The van der Waals surface area contributed by atoms with E-state index in [0.29, 0.717) is 29.9 Å². The number of fused-ring (bicyclic) bond motifs is 1. The number of hydrogen-bond acceptors (Lipinski definition) is 5. The fourth-order valence-corrected chi connectivity index (χ4v) is 3.78. The molecule has 5 aromatic rings. The van der Waals surface area contributed by atoms with Gasteiger partial charge in [-0.1, -0.05) is 60.7 Å². The van der Waals surface area contributed by atoms with Gasteiger partial charge >= 0.3 is 0 Å². The third-order valence-corrected chi connectivity index (χ3v) is 5.38. The molecule has 0 unspecified atom stereocenters. The Morgan fingerprint density at radius 1 is 0.844 bits per heavy atom. The van der Waals surface area contributed by atoms with Gasteiger partial charge in [-0.3, -0.25) is 9.38 Å². The summed E-state index contributed by atoms with van der Waals surface area (Å²) < 4.78 is 7.00. The van der Waals surface area contributed by atoms with E-state index in [-0.39, 0.29) is 5.88 Å². The van der Waals surface area contributed by atoms with Crippen LogP contribution >= 0.6 is 0 Å². The summed E-state index contributed by atoms with van der Waals surface area (Å²) in [4.78, 5) is 13.9. The standard InChI is InChI=1S/C26H22N4O2/c1-32-21-12-19(15-27-16-21)14-23-26(31)30-17-24(20-10-6-3-7-11-20)28-22(25(30)29-23)13-18-8-4-2-5-9-18/h2-12,15-17,31H,13-14H2,1H3. The SMILES string of the molecule is COc1cncc(Cc2nc3c(Cc4ccccc4)nc(-c4ccccc4)cn3c2O)c1. The maximum atomic E-state index is 11.1. The molecule has 0 saturated carbocycles. The van der Waals surface area contributed by atoms with E-state index in [2.05, 4.69) is 17.1 Å². The van der Waals surface area contributed by atoms with Crippen molar-refractivity contribution in [1.29, 1.82) is 0 Å². The molecule has 0 spiro atoms. The molecule has 0 aliphatic rings. The van der Waals surface area contributed by atoms with Gasteiger partial charge < -0.3 is 9.84 Å². The Bertz CT molecular complexity index is 1370. The molecule has 0 saturated heterocycles. The highest BCUT2D eigenvalue weighted by Gasteiger charge is 2.18. The van der Waals surface area contributed by atoms with Crippen molar-refractivity contribution in [2.75, 3.05) is 7.11 Å². The number of rotatable bonds is 6. The zero-order valence-corrected chi connectivity index (χ0v) is 17.6. The van der Waals surface area contributed by atoms with E-state index in [1.165, 1.54) is 0 Å². The molecule has 6 nitrogen and oxygen atoms in total. The van der Waals surface area contributed by atoms with Gasteiger partial charge in [-0.15, -0.1) is 0 Å². The molecule has 0 amide bonds. The predicted octanol–water partition coefficient (Wildman–Crippen LogP) is 4.69. The molecule has 6 heteroatoms. The molecule has 158 valence electrons. The highest BCUT2D eigenvalue weighted by atomic mass is 16.5. The lowest BCUT2D eigenvalue weighted by atomic mass is 10.1. The molecule has 0 aliphatic carbocycles. The second-order valence-corrected chi connectivity index (χ2v) is 7.59. The van der Waals surface area contributed by atoms with Crippen LogP contribution < -0.4 is 4.74 Å². The monoisotopic (exact) mass is 422 g/mol. The number of imidazole rings is 1. The van der Waals surface area contributed by atoms with Gasteiger partial charge in [-0.2, -0.15) is 0 Å². The van der Waals surface area contributed by atoms with Crippen molar-refractivity contribution in [3.05, 3.63) is 108 Å². The average Bonchev–Trinajstić information content (AvgIpc) is 3.16. The Morgan fingerprint density at radius 3 is 2.31 bits per heavy atom. The average molecular weight is 422 g/mol. The first-order chi connectivity index (χ1) is 15.7. The minimum Gasteiger partial charge on any atom is -0.495 e. The van der Waals surface area contributed by atoms with Crippen LogP contribution in [-0.4, -0.2) is 31.6 Å². The highest BCUT2D eigenvalue weighted by molar-refractivity contribution is 5.63. The minimum absolute atomic E-state index is 0.108. The van der Waals surface area contributed by atoms with Crippen molar-refractivity contribution < 1.29 is 9.84 Å². The number of aromatic hydroxyl groups is 1. The van der Waals surface area contributed by atoms with Crippen LogP contribution in [0.5, 0.6) is 11.6 Å². The van der Waals surface area contributed by atoms with E-state index in [1.807, 2.05) is 60.8 Å². The van der Waals surface area contributed by atoms with Gasteiger partial charge in [0.05, 0.1) is 24.7 Å². The summed E-state index contributed by atoms with van der Waals surface area (Å²) in [5, 5.41) is 11.1. The quantitative estimate of drug-likeness (QED) is 0.430. The molecule has 0 aliphatic heterocycles. The smallest absolute Gasteiger partial charge is 0.219 e. The zero-order chi connectivity index (χ0) is 21.9. The second-order valence-electron chi connectivity index (χ2n) is 7.59. The number of aromatic nitrogens is 4. The van der Waals surface area contributed by atoms with E-state index in [1.54, 1.807) is 23.9 Å². The van der Waals surface area contributed by atoms with Gasteiger partial charge in [-0.25, -0.2) is 9.97 Å². The molecule has 0 fully saturated rings. The van der Waals surface area contributed by atoms with Crippen LogP contribution in [0.2, 0.25) is 0 Å². The summed E-state index contributed by atoms with van der Waals surface area (Å²) >= 11 is 0. The van der Waals surface area contributed by atoms with Crippen molar-refractivity contribution in [1.82, 2.24) is 19.4 Å². The van der Waals surface area contributed by atoms with Crippen molar-refractivity contribution in [3.8, 4) is 22.9 Å². The van der Waals surface area contributed by atoms with Gasteiger partial charge in [0, 0.05) is 30.8 Å². The Kier molecular flexibility index (Phi) is 5.25. The molecule has 3 heterocycles. The van der Waals surface area contributed by atoms with E-state index >= 15 is 0 Å². The molecular weight excluding hydrogens is 400 g/mol. The van der Waals surface area contributed by atoms with Crippen LogP contribution in [0.15, 0.2) is 85.3 Å². The Morgan fingerprint density at radius 2 is 1.56 bits per heavy atom. The van der Waals surface area contributed by atoms with Crippen molar-refractivity contribution >= 4 is 5.65 Å². The molecular formula is C26H22N4O2. The maximum Gasteiger partial charge on any atom is 0.219 e.